The first-order valence-corrected chi connectivity index (χ1v) is 16.7. The van der Waals surface area contributed by atoms with E-state index in [-0.39, 0.29) is 18.8 Å². The minimum Gasteiger partial charge on any atom is -0.481 e. The second-order valence-electron chi connectivity index (χ2n) is 11.4. The van der Waals surface area contributed by atoms with Crippen LogP contribution in [0, 0.1) is 17.8 Å². The van der Waals surface area contributed by atoms with E-state index in [1.54, 1.807) is 36.7 Å². The molecule has 1 aromatic rings. The zero-order valence-electron chi connectivity index (χ0n) is 29.1. The Morgan fingerprint density at radius 1 is 0.939 bits per heavy atom. The quantitative estimate of drug-likeness (QED) is 0.0276. The van der Waals surface area contributed by atoms with Gasteiger partial charge in [0, 0.05) is 19.3 Å². The summed E-state index contributed by atoms with van der Waals surface area (Å²) in [4.78, 5) is 67.1. The van der Waals surface area contributed by atoms with Crippen LogP contribution in [0.5, 0.6) is 5.75 Å². The Hall–Kier alpha value is -4.41. The van der Waals surface area contributed by atoms with Gasteiger partial charge in [-0.1, -0.05) is 75.7 Å². The van der Waals surface area contributed by atoms with E-state index < -0.39 is 41.7 Å². The van der Waals surface area contributed by atoms with Gasteiger partial charge in [-0.2, -0.15) is 5.48 Å². The molecule has 13 nitrogen and oxygen atoms in total. The van der Waals surface area contributed by atoms with E-state index in [0.717, 1.165) is 65.2 Å². The number of carboxylic acid groups (broad SMARTS) is 1. The molecule has 4 N–H and O–H groups in total. The highest BCUT2D eigenvalue weighted by atomic mass is 16.7. The lowest BCUT2D eigenvalue weighted by Gasteiger charge is -2.30. The normalized spacial score (nSPS) is 13.2. The average molecular weight is 689 g/mol. The lowest BCUT2D eigenvalue weighted by atomic mass is 9.94. The number of hydroxylamine groups is 1. The summed E-state index contributed by atoms with van der Waals surface area (Å²) in [7, 11) is 2.19. The molecule has 0 heterocycles. The third-order valence-electron chi connectivity index (χ3n) is 7.56. The second-order valence-corrected chi connectivity index (χ2v) is 11.4. The van der Waals surface area contributed by atoms with Crippen molar-refractivity contribution in [1.82, 2.24) is 10.8 Å². The summed E-state index contributed by atoms with van der Waals surface area (Å²) in [6.45, 7) is 4.04. The fourth-order valence-corrected chi connectivity index (χ4v) is 4.85. The van der Waals surface area contributed by atoms with E-state index in [9.17, 15) is 34.2 Å². The van der Waals surface area contributed by atoms with Gasteiger partial charge in [0.15, 0.2) is 0 Å². The maximum atomic E-state index is 13.6. The van der Waals surface area contributed by atoms with Crippen molar-refractivity contribution in [2.75, 3.05) is 20.8 Å². The van der Waals surface area contributed by atoms with Crippen molar-refractivity contribution >= 4 is 29.7 Å². The molecule has 13 heteroatoms. The fourth-order valence-electron chi connectivity index (χ4n) is 4.85. The number of hydrogen-bond acceptors (Lipinski definition) is 10. The number of methoxy groups -OCH3 is 1. The number of esters is 1. The summed E-state index contributed by atoms with van der Waals surface area (Å²) in [5.74, 6) is -3.03. The van der Waals surface area contributed by atoms with Gasteiger partial charge in [-0.25, -0.2) is 14.4 Å². The van der Waals surface area contributed by atoms with Crippen LogP contribution in [0.4, 0.5) is 4.79 Å². The highest BCUT2D eigenvalue weighted by molar-refractivity contribution is 5.93. The summed E-state index contributed by atoms with van der Waals surface area (Å²) in [6, 6.07) is 5.37. The zero-order chi connectivity index (χ0) is 36.5. The third-order valence-corrected chi connectivity index (χ3v) is 7.56. The van der Waals surface area contributed by atoms with Crippen molar-refractivity contribution in [3.63, 3.8) is 0 Å². The van der Waals surface area contributed by atoms with Crippen molar-refractivity contribution in [3.8, 4) is 17.6 Å². The van der Waals surface area contributed by atoms with Crippen molar-refractivity contribution < 1.29 is 53.2 Å². The van der Waals surface area contributed by atoms with Crippen LogP contribution in [-0.4, -0.2) is 72.6 Å². The Kier molecular flexibility index (Phi) is 21.5. The molecule has 3 atom stereocenters. The van der Waals surface area contributed by atoms with Crippen LogP contribution < -0.4 is 15.5 Å². The van der Waals surface area contributed by atoms with Crippen molar-refractivity contribution in [2.45, 2.75) is 109 Å². The van der Waals surface area contributed by atoms with Gasteiger partial charge in [-0.05, 0) is 50.3 Å². The third kappa shape index (κ3) is 17.0. The monoisotopic (exact) mass is 688 g/mol. The Morgan fingerprint density at radius 2 is 1.57 bits per heavy atom. The van der Waals surface area contributed by atoms with Crippen LogP contribution >= 0.6 is 0 Å². The highest BCUT2D eigenvalue weighted by Crippen LogP contribution is 2.24. The van der Waals surface area contributed by atoms with E-state index in [1.165, 1.54) is 12.5 Å². The molecule has 2 amide bonds. The molecular formula is C36H52N2O11. The Morgan fingerprint density at radius 3 is 2.14 bits per heavy atom. The number of rotatable bonds is 25. The number of Topliss-reactive ketones (excluding diaryl/α,β-unsaturated/α-hetero) is 1. The van der Waals surface area contributed by atoms with Crippen LogP contribution in [-0.2, 0) is 39.9 Å². The van der Waals surface area contributed by atoms with E-state index >= 15 is 0 Å². The standard InChI is InChI=1S/C36H52N2O11/c1-5-7-9-12-15-18-28(39)19-16-13-10-11-14-17-20-30(36(45,34(42)43)49-35(44)38-47-4)32(40)37-31(33(41)46-3)26-27-21-23-29(24-22-27)48-25-8-6-2/h17,20-24,30-31,45H,5,7,9-16,18-19,25-26H2,1-4H3,(H,37,40)(H,38,44)(H,42,43)/b20-17+/t30-,31+,36-/m1/s1. The van der Waals surface area contributed by atoms with Crippen LogP contribution in [0.3, 0.4) is 0 Å². The first-order chi connectivity index (χ1) is 23.5. The van der Waals surface area contributed by atoms with E-state index in [2.05, 4.69) is 28.9 Å². The molecule has 0 bridgehead atoms. The van der Waals surface area contributed by atoms with E-state index in [0.29, 0.717) is 37.0 Å². The van der Waals surface area contributed by atoms with Crippen molar-refractivity contribution in [1.29, 1.82) is 0 Å². The second kappa shape index (κ2) is 24.7. The maximum absolute atomic E-state index is 13.6. The van der Waals surface area contributed by atoms with Crippen LogP contribution in [0.15, 0.2) is 36.4 Å². The van der Waals surface area contributed by atoms with E-state index in [1.807, 2.05) is 0 Å². The van der Waals surface area contributed by atoms with Crippen molar-refractivity contribution in [3.05, 3.63) is 42.0 Å². The fraction of sp³-hybridized carbons (Fsp3) is 0.583. The maximum Gasteiger partial charge on any atom is 0.434 e. The minimum atomic E-state index is -3.37. The van der Waals surface area contributed by atoms with Gasteiger partial charge in [0.2, 0.25) is 5.91 Å². The molecule has 0 aliphatic rings. The predicted molar refractivity (Wildman–Crippen MR) is 181 cm³/mol. The number of amides is 2. The number of ketones is 1. The number of aliphatic hydroxyl groups is 1. The molecular weight excluding hydrogens is 636 g/mol. The summed E-state index contributed by atoms with van der Waals surface area (Å²) < 4.78 is 15.1. The minimum absolute atomic E-state index is 0.0538. The number of aliphatic carboxylic acids is 1. The number of hydrogen-bond donors (Lipinski definition) is 4. The largest absolute Gasteiger partial charge is 0.481 e. The smallest absolute Gasteiger partial charge is 0.434 e. The molecule has 0 radical (unpaired) electrons. The van der Waals surface area contributed by atoms with Gasteiger partial charge in [0.05, 0.1) is 14.2 Å². The molecule has 49 heavy (non-hydrogen) atoms. The number of carboxylic acids is 1. The molecule has 0 unspecified atom stereocenters. The van der Waals surface area contributed by atoms with Gasteiger partial charge >= 0.3 is 23.8 Å². The molecule has 0 aromatic heterocycles. The number of nitrogens with one attached hydrogen (secondary N) is 2. The van der Waals surface area contributed by atoms with Crippen molar-refractivity contribution in [2.24, 2.45) is 5.92 Å². The Balaban J connectivity index is 2.97. The number of carbonyl (C=O) groups is 5. The summed E-state index contributed by atoms with van der Waals surface area (Å²) in [5, 5.41) is 23.4. The van der Waals surface area contributed by atoms with Gasteiger partial charge in [-0.3, -0.25) is 14.4 Å². The van der Waals surface area contributed by atoms with Crippen LogP contribution in [0.2, 0.25) is 0 Å². The molecule has 272 valence electrons. The molecule has 0 aliphatic carbocycles. The van der Waals surface area contributed by atoms with Gasteiger partial charge in [-0.15, -0.1) is 5.92 Å². The highest BCUT2D eigenvalue weighted by Gasteiger charge is 2.52. The number of allylic oxidation sites excluding steroid dienone is 1. The first kappa shape index (κ1) is 42.6. The number of unbranched alkanes of at least 4 members (excludes halogenated alkanes) is 8. The lowest BCUT2D eigenvalue weighted by molar-refractivity contribution is -0.218. The molecule has 1 aromatic carbocycles. The zero-order valence-corrected chi connectivity index (χ0v) is 29.1. The predicted octanol–water partition coefficient (Wildman–Crippen LogP) is 4.79. The molecule has 0 spiro atoms. The van der Waals surface area contributed by atoms with E-state index in [4.69, 9.17) is 14.2 Å². The molecule has 0 fully saturated rings. The first-order valence-electron chi connectivity index (χ1n) is 16.7. The topological polar surface area (TPSA) is 187 Å². The van der Waals surface area contributed by atoms with Crippen LogP contribution in [0.1, 0.15) is 96.5 Å². The van der Waals surface area contributed by atoms with Crippen LogP contribution in [0.25, 0.3) is 0 Å². The Labute approximate surface area is 289 Å². The van der Waals surface area contributed by atoms with Gasteiger partial charge in [0.25, 0.3) is 0 Å². The van der Waals surface area contributed by atoms with Gasteiger partial charge < -0.3 is 29.7 Å². The number of carbonyl (C=O) groups excluding carboxylic acids is 4. The number of ether oxygens (including phenoxy) is 3. The molecule has 0 saturated heterocycles. The molecule has 0 aliphatic heterocycles. The van der Waals surface area contributed by atoms with Gasteiger partial charge in [0.1, 0.15) is 30.1 Å². The lowest BCUT2D eigenvalue weighted by Crippen LogP contribution is -2.57. The summed E-state index contributed by atoms with van der Waals surface area (Å²) in [6.07, 6.45) is 11.2. The summed E-state index contributed by atoms with van der Waals surface area (Å²) >= 11 is 0. The summed E-state index contributed by atoms with van der Waals surface area (Å²) in [5.41, 5.74) is 2.34. The SMILES string of the molecule is CC#CCOc1ccc(C[C@H](NC(=O)[C@@H](/C=C/CCCCCCC(=O)CCCCCCC)[C@@](O)(OC(=O)NOC)C(=O)O)C(=O)OC)cc1. The average Bonchev–Trinajstić information content (AvgIpc) is 3.07. The molecule has 1 rings (SSSR count). The molecule has 0 saturated carbocycles. The number of benzene rings is 1. The Bertz CT molecular complexity index is 1270.